The lowest BCUT2D eigenvalue weighted by Crippen LogP contribution is -2.37. The number of hydrogen-bond acceptors (Lipinski definition) is 3. The van der Waals surface area contributed by atoms with E-state index in [4.69, 9.17) is 11.6 Å². The van der Waals surface area contributed by atoms with E-state index in [1.54, 1.807) is 16.7 Å². The van der Waals surface area contributed by atoms with Crippen LogP contribution < -0.4 is 5.32 Å². The van der Waals surface area contributed by atoms with Crippen LogP contribution >= 0.6 is 23.4 Å². The molecule has 0 saturated carbocycles. The zero-order chi connectivity index (χ0) is 15.2. The molecule has 114 valence electrons. The summed E-state index contributed by atoms with van der Waals surface area (Å²) in [6, 6.07) is 7.42. The molecule has 0 bridgehead atoms. The fourth-order valence-electron chi connectivity index (χ4n) is 2.35. The van der Waals surface area contributed by atoms with Crippen LogP contribution in [0, 0.1) is 0 Å². The van der Waals surface area contributed by atoms with Gasteiger partial charge in [0.15, 0.2) is 0 Å². The van der Waals surface area contributed by atoms with E-state index in [1.165, 1.54) is 0 Å². The van der Waals surface area contributed by atoms with Gasteiger partial charge in [-0.25, -0.2) is 0 Å². The molecule has 1 fully saturated rings. The molecule has 1 aliphatic heterocycles. The maximum absolute atomic E-state index is 12.0. The van der Waals surface area contributed by atoms with Crippen LogP contribution in [0.3, 0.4) is 0 Å². The predicted octanol–water partition coefficient (Wildman–Crippen LogP) is 2.31. The molecule has 1 aromatic carbocycles. The Morgan fingerprint density at radius 2 is 2.24 bits per heavy atom. The summed E-state index contributed by atoms with van der Waals surface area (Å²) < 4.78 is 0. The highest BCUT2D eigenvalue weighted by Gasteiger charge is 2.30. The van der Waals surface area contributed by atoms with Gasteiger partial charge in [0, 0.05) is 36.7 Å². The smallest absolute Gasteiger partial charge is 0.225 e. The topological polar surface area (TPSA) is 49.4 Å². The van der Waals surface area contributed by atoms with Crippen molar-refractivity contribution < 1.29 is 9.59 Å². The summed E-state index contributed by atoms with van der Waals surface area (Å²) in [5.74, 6) is 0.877. The van der Waals surface area contributed by atoms with Crippen molar-refractivity contribution in [2.24, 2.45) is 0 Å². The first-order valence-corrected chi connectivity index (χ1v) is 8.67. The maximum Gasteiger partial charge on any atom is 0.225 e. The lowest BCUT2D eigenvalue weighted by Gasteiger charge is -2.18. The van der Waals surface area contributed by atoms with Crippen LogP contribution in [-0.4, -0.2) is 41.3 Å². The summed E-state index contributed by atoms with van der Waals surface area (Å²) in [6.45, 7) is 1.05. The van der Waals surface area contributed by atoms with Gasteiger partial charge in [0.25, 0.3) is 0 Å². The molecular formula is C15H19ClN2O2S. The second-order valence-electron chi connectivity index (χ2n) is 5.08. The third-order valence-electron chi connectivity index (χ3n) is 3.43. The molecule has 0 spiro atoms. The summed E-state index contributed by atoms with van der Waals surface area (Å²) in [4.78, 5) is 25.5. The van der Waals surface area contributed by atoms with Crippen LogP contribution in [0.15, 0.2) is 24.3 Å². The van der Waals surface area contributed by atoms with Crippen molar-refractivity contribution in [3.05, 3.63) is 34.9 Å². The largest absolute Gasteiger partial charge is 0.351 e. The molecule has 0 unspecified atom stereocenters. The van der Waals surface area contributed by atoms with Gasteiger partial charge in [0.1, 0.15) is 0 Å². The Labute approximate surface area is 134 Å². The molecular weight excluding hydrogens is 308 g/mol. The van der Waals surface area contributed by atoms with E-state index in [9.17, 15) is 9.59 Å². The number of carbonyl (C=O) groups excluding carboxylic acids is 2. The molecule has 21 heavy (non-hydrogen) atoms. The zero-order valence-corrected chi connectivity index (χ0v) is 13.5. The highest BCUT2D eigenvalue weighted by atomic mass is 35.5. The number of likely N-dealkylation sites (tertiary alicyclic amines) is 1. The van der Waals surface area contributed by atoms with E-state index >= 15 is 0 Å². The Hall–Kier alpha value is -1.20. The Kier molecular flexibility index (Phi) is 5.94. The van der Waals surface area contributed by atoms with Crippen molar-refractivity contribution in [1.82, 2.24) is 10.2 Å². The number of benzene rings is 1. The molecule has 4 nitrogen and oxygen atoms in total. The molecule has 1 aliphatic rings. The Morgan fingerprint density at radius 3 is 2.95 bits per heavy atom. The normalized spacial score (nSPS) is 18.1. The zero-order valence-electron chi connectivity index (χ0n) is 12.0. The highest BCUT2D eigenvalue weighted by molar-refractivity contribution is 7.98. The molecule has 1 saturated heterocycles. The minimum Gasteiger partial charge on any atom is -0.351 e. The van der Waals surface area contributed by atoms with E-state index in [0.29, 0.717) is 31.0 Å². The van der Waals surface area contributed by atoms with Crippen molar-refractivity contribution >= 4 is 35.2 Å². The van der Waals surface area contributed by atoms with Crippen LogP contribution in [0.1, 0.15) is 18.4 Å². The van der Waals surface area contributed by atoms with E-state index < -0.39 is 0 Å². The molecule has 0 aliphatic carbocycles. The molecule has 2 amide bonds. The first-order chi connectivity index (χ1) is 10.1. The van der Waals surface area contributed by atoms with Crippen molar-refractivity contribution in [3.8, 4) is 0 Å². The van der Waals surface area contributed by atoms with Gasteiger partial charge in [-0.1, -0.05) is 29.8 Å². The molecule has 2 rings (SSSR count). The third kappa shape index (κ3) is 4.64. The Morgan fingerprint density at radius 1 is 1.48 bits per heavy atom. The summed E-state index contributed by atoms with van der Waals surface area (Å²) >= 11 is 7.76. The summed E-state index contributed by atoms with van der Waals surface area (Å²) in [7, 11) is 0. The molecule has 0 radical (unpaired) electrons. The number of rotatable bonds is 6. The average Bonchev–Trinajstić information content (AvgIpc) is 2.79. The standard InChI is InChI=1S/C15H19ClN2O2S/c1-21-7-6-14(19)17-12-8-15(20)18(10-12)9-11-4-2-3-5-13(11)16/h2-5,12H,6-10H2,1H3,(H,17,19)/t12-/m0/s1. The van der Waals surface area contributed by atoms with Crippen LogP contribution in [-0.2, 0) is 16.1 Å². The van der Waals surface area contributed by atoms with Gasteiger partial charge in [-0.2, -0.15) is 11.8 Å². The number of halogens is 1. The molecule has 1 atom stereocenters. The minimum atomic E-state index is -0.0886. The lowest BCUT2D eigenvalue weighted by atomic mass is 10.2. The fraction of sp³-hybridized carbons (Fsp3) is 0.467. The second kappa shape index (κ2) is 7.71. The number of thioether (sulfide) groups is 1. The number of nitrogens with zero attached hydrogens (tertiary/aromatic N) is 1. The summed E-state index contributed by atoms with van der Waals surface area (Å²) in [5.41, 5.74) is 0.932. The average molecular weight is 327 g/mol. The van der Waals surface area contributed by atoms with E-state index in [1.807, 2.05) is 30.5 Å². The van der Waals surface area contributed by atoms with Gasteiger partial charge >= 0.3 is 0 Å². The van der Waals surface area contributed by atoms with Crippen LogP contribution in [0.4, 0.5) is 0 Å². The van der Waals surface area contributed by atoms with Crippen LogP contribution in [0.2, 0.25) is 5.02 Å². The third-order valence-corrected chi connectivity index (χ3v) is 4.41. The summed E-state index contributed by atoms with van der Waals surface area (Å²) in [5, 5.41) is 3.59. The first-order valence-electron chi connectivity index (χ1n) is 6.89. The van der Waals surface area contributed by atoms with Gasteiger partial charge in [-0.3, -0.25) is 9.59 Å². The monoisotopic (exact) mass is 326 g/mol. The molecule has 1 N–H and O–H groups in total. The number of nitrogens with one attached hydrogen (secondary N) is 1. The fourth-order valence-corrected chi connectivity index (χ4v) is 2.93. The Balaban J connectivity index is 1.88. The van der Waals surface area contributed by atoms with Crippen molar-refractivity contribution in [3.63, 3.8) is 0 Å². The van der Waals surface area contributed by atoms with Crippen LogP contribution in [0.25, 0.3) is 0 Å². The number of hydrogen-bond donors (Lipinski definition) is 1. The molecule has 1 aromatic rings. The Bertz CT molecular complexity index is 524. The van der Waals surface area contributed by atoms with Gasteiger partial charge in [-0.05, 0) is 17.9 Å². The van der Waals surface area contributed by atoms with Crippen molar-refractivity contribution in [2.45, 2.75) is 25.4 Å². The van der Waals surface area contributed by atoms with Gasteiger partial charge in [0.05, 0.1) is 6.04 Å². The number of amides is 2. The molecule has 6 heteroatoms. The first kappa shape index (κ1) is 16.2. The summed E-state index contributed by atoms with van der Waals surface area (Å²) in [6.07, 6.45) is 2.84. The van der Waals surface area contributed by atoms with Crippen LogP contribution in [0.5, 0.6) is 0 Å². The molecule has 1 heterocycles. The second-order valence-corrected chi connectivity index (χ2v) is 6.47. The van der Waals surface area contributed by atoms with Crippen molar-refractivity contribution in [1.29, 1.82) is 0 Å². The highest BCUT2D eigenvalue weighted by Crippen LogP contribution is 2.20. The minimum absolute atomic E-state index is 0.0155. The van der Waals surface area contributed by atoms with Gasteiger partial charge in [0.2, 0.25) is 11.8 Å². The van der Waals surface area contributed by atoms with Crippen molar-refractivity contribution in [2.75, 3.05) is 18.6 Å². The van der Waals surface area contributed by atoms with E-state index in [0.717, 1.165) is 11.3 Å². The van der Waals surface area contributed by atoms with Gasteiger partial charge < -0.3 is 10.2 Å². The van der Waals surface area contributed by atoms with Gasteiger partial charge in [-0.15, -0.1) is 0 Å². The number of carbonyl (C=O) groups is 2. The SMILES string of the molecule is CSCCC(=O)N[C@H]1CC(=O)N(Cc2ccccc2Cl)C1. The lowest BCUT2D eigenvalue weighted by molar-refractivity contribution is -0.128. The quantitative estimate of drug-likeness (QED) is 0.872. The maximum atomic E-state index is 12.0. The van der Waals surface area contributed by atoms with E-state index in [-0.39, 0.29) is 17.9 Å². The van der Waals surface area contributed by atoms with E-state index in [2.05, 4.69) is 5.32 Å². The predicted molar refractivity (Wildman–Crippen MR) is 86.4 cm³/mol. The molecule has 0 aromatic heterocycles.